The lowest BCUT2D eigenvalue weighted by molar-refractivity contribution is 0.122. The Morgan fingerprint density at radius 2 is 1.07 bits per heavy atom. The minimum absolute atomic E-state index is 0.879. The van der Waals surface area contributed by atoms with Crippen molar-refractivity contribution in [1.82, 2.24) is 9.80 Å². The predicted molar refractivity (Wildman–Crippen MR) is 110 cm³/mol. The van der Waals surface area contributed by atoms with Crippen LogP contribution in [0.15, 0.2) is 84.9 Å². The molecule has 3 aromatic carbocycles. The van der Waals surface area contributed by atoms with Gasteiger partial charge in [-0.15, -0.1) is 0 Å². The average molecular weight is 358 g/mol. The molecule has 0 radical (unpaired) electrons. The Labute approximate surface area is 161 Å². The Kier molecular flexibility index (Phi) is 5.83. The highest BCUT2D eigenvalue weighted by atomic mass is 16.5. The summed E-state index contributed by atoms with van der Waals surface area (Å²) >= 11 is 0. The molecule has 4 rings (SSSR count). The van der Waals surface area contributed by atoms with Gasteiger partial charge in [0.1, 0.15) is 11.5 Å². The number of nitrogens with zero attached hydrogens (tertiary/aromatic N) is 2. The number of hydrogen-bond donors (Lipinski definition) is 0. The molecule has 138 valence electrons. The van der Waals surface area contributed by atoms with E-state index >= 15 is 0 Å². The Morgan fingerprint density at radius 1 is 0.556 bits per heavy atom. The Balaban J connectivity index is 1.29. The van der Waals surface area contributed by atoms with E-state index in [1.165, 1.54) is 11.1 Å². The first-order valence-corrected chi connectivity index (χ1v) is 9.66. The molecule has 1 aliphatic heterocycles. The molecule has 0 aromatic heterocycles. The summed E-state index contributed by atoms with van der Waals surface area (Å²) in [6.45, 7) is 6.48. The van der Waals surface area contributed by atoms with Crippen molar-refractivity contribution in [1.29, 1.82) is 0 Å². The Bertz CT molecular complexity index is 827. The van der Waals surface area contributed by atoms with Gasteiger partial charge in [0.05, 0.1) is 0 Å². The molecule has 0 spiro atoms. The van der Waals surface area contributed by atoms with E-state index in [1.54, 1.807) is 0 Å². The van der Waals surface area contributed by atoms with Crippen molar-refractivity contribution in [3.8, 4) is 11.5 Å². The lowest BCUT2D eigenvalue weighted by Crippen LogP contribution is -2.45. The third kappa shape index (κ3) is 5.19. The van der Waals surface area contributed by atoms with Gasteiger partial charge in [-0.25, -0.2) is 0 Å². The average Bonchev–Trinajstić information content (AvgIpc) is 2.71. The predicted octanol–water partition coefficient (Wildman–Crippen LogP) is 4.80. The molecule has 3 nitrogen and oxygen atoms in total. The number of rotatable bonds is 6. The van der Waals surface area contributed by atoms with E-state index in [9.17, 15) is 0 Å². The fourth-order valence-corrected chi connectivity index (χ4v) is 3.54. The maximum Gasteiger partial charge on any atom is 0.127 e. The van der Waals surface area contributed by atoms with Gasteiger partial charge in [0, 0.05) is 39.3 Å². The van der Waals surface area contributed by atoms with Gasteiger partial charge in [-0.2, -0.15) is 0 Å². The molecule has 0 amide bonds. The smallest absolute Gasteiger partial charge is 0.127 e. The van der Waals surface area contributed by atoms with Crippen molar-refractivity contribution < 1.29 is 4.74 Å². The number of hydrogen-bond acceptors (Lipinski definition) is 3. The Morgan fingerprint density at radius 3 is 1.74 bits per heavy atom. The van der Waals surface area contributed by atoms with E-state index in [-0.39, 0.29) is 0 Å². The lowest BCUT2D eigenvalue weighted by Gasteiger charge is -2.34. The molecule has 1 aliphatic rings. The third-order valence-corrected chi connectivity index (χ3v) is 5.00. The molecular formula is C24H26N2O. The molecule has 27 heavy (non-hydrogen) atoms. The summed E-state index contributed by atoms with van der Waals surface area (Å²) in [5, 5.41) is 0. The van der Waals surface area contributed by atoms with Crippen LogP contribution in [-0.4, -0.2) is 36.0 Å². The van der Waals surface area contributed by atoms with Crippen molar-refractivity contribution in [3.63, 3.8) is 0 Å². The van der Waals surface area contributed by atoms with Gasteiger partial charge < -0.3 is 4.74 Å². The molecule has 1 heterocycles. The van der Waals surface area contributed by atoms with E-state index in [4.69, 9.17) is 4.74 Å². The molecule has 0 atom stereocenters. The first-order valence-electron chi connectivity index (χ1n) is 9.66. The zero-order valence-electron chi connectivity index (χ0n) is 15.6. The van der Waals surface area contributed by atoms with Crippen LogP contribution in [0.25, 0.3) is 0 Å². The van der Waals surface area contributed by atoms with E-state index in [2.05, 4.69) is 58.3 Å². The van der Waals surface area contributed by atoms with Gasteiger partial charge in [-0.3, -0.25) is 9.80 Å². The highest BCUT2D eigenvalue weighted by molar-refractivity contribution is 5.33. The molecule has 0 aliphatic carbocycles. The summed E-state index contributed by atoms with van der Waals surface area (Å²) in [6.07, 6.45) is 0. The minimum Gasteiger partial charge on any atom is -0.457 e. The molecule has 1 fully saturated rings. The van der Waals surface area contributed by atoms with Crippen LogP contribution in [0.3, 0.4) is 0 Å². The van der Waals surface area contributed by atoms with Crippen molar-refractivity contribution in [2.45, 2.75) is 13.1 Å². The third-order valence-electron chi connectivity index (χ3n) is 5.00. The van der Waals surface area contributed by atoms with Crippen LogP contribution in [0.1, 0.15) is 11.1 Å². The highest BCUT2D eigenvalue weighted by Gasteiger charge is 2.17. The summed E-state index contributed by atoms with van der Waals surface area (Å²) in [4.78, 5) is 5.07. The topological polar surface area (TPSA) is 15.7 Å². The fourth-order valence-electron chi connectivity index (χ4n) is 3.54. The van der Waals surface area contributed by atoms with Gasteiger partial charge in [-0.1, -0.05) is 60.7 Å². The van der Waals surface area contributed by atoms with Gasteiger partial charge in [0.25, 0.3) is 0 Å². The molecule has 0 unspecified atom stereocenters. The van der Waals surface area contributed by atoms with Crippen LogP contribution in [0.5, 0.6) is 11.5 Å². The maximum absolute atomic E-state index is 5.96. The summed E-state index contributed by atoms with van der Waals surface area (Å²) in [5.41, 5.74) is 2.71. The Hall–Kier alpha value is -2.62. The quantitative estimate of drug-likeness (QED) is 0.630. The lowest BCUT2D eigenvalue weighted by atomic mass is 10.1. The second-order valence-electron chi connectivity index (χ2n) is 7.10. The number of para-hydroxylation sites is 1. The van der Waals surface area contributed by atoms with E-state index in [1.807, 2.05) is 36.4 Å². The van der Waals surface area contributed by atoms with Crippen molar-refractivity contribution >= 4 is 0 Å². The molecule has 3 heteroatoms. The highest BCUT2D eigenvalue weighted by Crippen LogP contribution is 2.22. The number of piperazine rings is 1. The van der Waals surface area contributed by atoms with Crippen molar-refractivity contribution in [2.75, 3.05) is 26.2 Å². The van der Waals surface area contributed by atoms with Crippen LogP contribution in [0, 0.1) is 0 Å². The first-order chi connectivity index (χ1) is 13.3. The molecule has 1 saturated heterocycles. The largest absolute Gasteiger partial charge is 0.457 e. The van der Waals surface area contributed by atoms with Gasteiger partial charge >= 0.3 is 0 Å². The summed E-state index contributed by atoms with van der Waals surface area (Å²) in [7, 11) is 0. The van der Waals surface area contributed by atoms with E-state index in [0.717, 1.165) is 50.8 Å². The number of ether oxygens (including phenoxy) is 1. The molecule has 0 N–H and O–H groups in total. The summed E-state index contributed by atoms with van der Waals surface area (Å²) in [6, 6.07) is 29.2. The van der Waals surface area contributed by atoms with Crippen molar-refractivity contribution in [3.05, 3.63) is 96.1 Å². The van der Waals surface area contributed by atoms with Gasteiger partial charge in [-0.05, 0) is 35.4 Å². The van der Waals surface area contributed by atoms with E-state index in [0.29, 0.717) is 0 Å². The van der Waals surface area contributed by atoms with E-state index < -0.39 is 0 Å². The normalized spacial score (nSPS) is 15.6. The number of benzene rings is 3. The minimum atomic E-state index is 0.879. The zero-order valence-corrected chi connectivity index (χ0v) is 15.6. The van der Waals surface area contributed by atoms with Crippen molar-refractivity contribution in [2.24, 2.45) is 0 Å². The van der Waals surface area contributed by atoms with Crippen LogP contribution >= 0.6 is 0 Å². The monoisotopic (exact) mass is 358 g/mol. The van der Waals surface area contributed by atoms with Crippen LogP contribution < -0.4 is 4.74 Å². The molecule has 0 saturated carbocycles. The molecule has 0 bridgehead atoms. The zero-order chi connectivity index (χ0) is 18.3. The van der Waals surface area contributed by atoms with Gasteiger partial charge in [0.2, 0.25) is 0 Å². The maximum atomic E-state index is 5.96. The van der Waals surface area contributed by atoms with Crippen LogP contribution in [0.2, 0.25) is 0 Å². The van der Waals surface area contributed by atoms with Gasteiger partial charge in [0.15, 0.2) is 0 Å². The second-order valence-corrected chi connectivity index (χ2v) is 7.10. The van der Waals surface area contributed by atoms with Crippen LogP contribution in [-0.2, 0) is 13.1 Å². The fraction of sp³-hybridized carbons (Fsp3) is 0.250. The first kappa shape index (κ1) is 17.8. The SMILES string of the molecule is c1ccc(CN2CCN(Cc3cccc(Oc4ccccc4)c3)CC2)cc1. The van der Waals surface area contributed by atoms with Crippen LogP contribution in [0.4, 0.5) is 0 Å². The summed E-state index contributed by atoms with van der Waals surface area (Å²) in [5.74, 6) is 1.78. The summed E-state index contributed by atoms with van der Waals surface area (Å²) < 4.78 is 5.96. The molecular weight excluding hydrogens is 332 g/mol. The standard InChI is InChI=1S/C24H26N2O/c1-3-8-21(9-4-1)19-25-14-16-26(17-15-25)20-22-10-7-13-24(18-22)27-23-11-5-2-6-12-23/h1-13,18H,14-17,19-20H2. The second kappa shape index (κ2) is 8.85. The molecule has 3 aromatic rings.